The first-order valence-electron chi connectivity index (χ1n) is 10.5. The molecule has 7 heteroatoms. The molecule has 0 bridgehead atoms. The summed E-state index contributed by atoms with van der Waals surface area (Å²) in [5, 5.41) is 7.70. The van der Waals surface area contributed by atoms with Gasteiger partial charge in [-0.2, -0.15) is 5.10 Å². The molecule has 0 saturated heterocycles. The third kappa shape index (κ3) is 2.86. The summed E-state index contributed by atoms with van der Waals surface area (Å²) in [4.78, 5) is 13.3. The molecule has 2 fully saturated rings. The van der Waals surface area contributed by atoms with Crippen LogP contribution in [0.2, 0.25) is 0 Å². The van der Waals surface area contributed by atoms with E-state index in [0.717, 1.165) is 54.3 Å². The van der Waals surface area contributed by atoms with Gasteiger partial charge in [0.2, 0.25) is 0 Å². The monoisotopic (exact) mass is 421 g/mol. The van der Waals surface area contributed by atoms with E-state index in [4.69, 9.17) is 4.74 Å². The van der Waals surface area contributed by atoms with Crippen molar-refractivity contribution in [3.63, 3.8) is 0 Å². The minimum atomic E-state index is -0.682. The highest BCUT2D eigenvalue weighted by atomic mass is 19.1. The van der Waals surface area contributed by atoms with Crippen molar-refractivity contribution in [2.24, 2.45) is 5.92 Å². The van der Waals surface area contributed by atoms with Crippen molar-refractivity contribution >= 4 is 5.91 Å². The molecule has 2 atom stereocenters. The van der Waals surface area contributed by atoms with E-state index in [0.29, 0.717) is 17.5 Å². The summed E-state index contributed by atoms with van der Waals surface area (Å²) in [6.45, 7) is 0. The van der Waals surface area contributed by atoms with Crippen LogP contribution in [0.4, 0.5) is 8.78 Å². The third-order valence-electron chi connectivity index (χ3n) is 6.86. The quantitative estimate of drug-likeness (QED) is 0.671. The van der Waals surface area contributed by atoms with Crippen LogP contribution in [0, 0.1) is 17.6 Å². The van der Waals surface area contributed by atoms with Gasteiger partial charge in [-0.15, -0.1) is 0 Å². The highest BCUT2D eigenvalue weighted by Crippen LogP contribution is 2.57. The molecule has 31 heavy (non-hydrogen) atoms. The maximum Gasteiger partial charge on any atom is 0.272 e. The van der Waals surface area contributed by atoms with E-state index in [1.807, 2.05) is 24.3 Å². The zero-order valence-electron chi connectivity index (χ0n) is 17.0. The fourth-order valence-electron chi connectivity index (χ4n) is 4.93. The van der Waals surface area contributed by atoms with E-state index >= 15 is 0 Å². The van der Waals surface area contributed by atoms with Crippen molar-refractivity contribution < 1.29 is 18.3 Å². The van der Waals surface area contributed by atoms with E-state index in [2.05, 4.69) is 10.4 Å². The molecule has 1 N–H and O–H groups in total. The molecule has 0 aliphatic heterocycles. The van der Waals surface area contributed by atoms with Crippen LogP contribution in [0.3, 0.4) is 0 Å². The average molecular weight is 421 g/mol. The van der Waals surface area contributed by atoms with E-state index in [1.165, 1.54) is 16.8 Å². The zero-order chi connectivity index (χ0) is 21.3. The third-order valence-corrected chi connectivity index (χ3v) is 6.86. The van der Waals surface area contributed by atoms with Crippen molar-refractivity contribution in [2.75, 3.05) is 7.11 Å². The lowest BCUT2D eigenvalue weighted by Gasteiger charge is -2.18. The normalized spacial score (nSPS) is 21.9. The van der Waals surface area contributed by atoms with Gasteiger partial charge in [-0.1, -0.05) is 12.1 Å². The van der Waals surface area contributed by atoms with E-state index in [1.54, 1.807) is 7.11 Å². The Morgan fingerprint density at radius 3 is 2.65 bits per heavy atom. The fraction of sp³-hybridized carbons (Fsp3) is 0.333. The van der Waals surface area contributed by atoms with Gasteiger partial charge in [0.1, 0.15) is 17.3 Å². The molecule has 1 amide bonds. The van der Waals surface area contributed by atoms with Gasteiger partial charge in [0.05, 0.1) is 18.3 Å². The summed E-state index contributed by atoms with van der Waals surface area (Å²) in [6.07, 6.45) is 3.51. The molecule has 3 aliphatic rings. The SMILES string of the molecule is COc1ccc(C2(NC(=O)c3nn(-c4ccc(F)cc4F)c4c3C[C@H]3C[C@@H]43)CC2)cc1. The van der Waals surface area contributed by atoms with Crippen molar-refractivity contribution in [2.45, 2.75) is 37.1 Å². The number of nitrogens with zero attached hydrogens (tertiary/aromatic N) is 2. The van der Waals surface area contributed by atoms with Crippen LogP contribution in [0.1, 0.15) is 52.5 Å². The number of hydrogen-bond donors (Lipinski definition) is 1. The zero-order valence-corrected chi connectivity index (χ0v) is 17.0. The maximum absolute atomic E-state index is 14.5. The Morgan fingerprint density at radius 1 is 1.19 bits per heavy atom. The number of ether oxygens (including phenoxy) is 1. The molecule has 1 aromatic heterocycles. The summed E-state index contributed by atoms with van der Waals surface area (Å²) in [6, 6.07) is 11.2. The van der Waals surface area contributed by atoms with Gasteiger partial charge < -0.3 is 10.1 Å². The summed E-state index contributed by atoms with van der Waals surface area (Å²) in [7, 11) is 1.62. The lowest BCUT2D eigenvalue weighted by Crippen LogP contribution is -2.35. The number of amides is 1. The van der Waals surface area contributed by atoms with Crippen LogP contribution in [0.5, 0.6) is 5.75 Å². The van der Waals surface area contributed by atoms with Crippen LogP contribution in [-0.4, -0.2) is 22.8 Å². The largest absolute Gasteiger partial charge is 0.497 e. The Balaban J connectivity index is 1.35. The number of methoxy groups -OCH3 is 1. The van der Waals surface area contributed by atoms with Gasteiger partial charge in [0, 0.05) is 17.5 Å². The first-order chi connectivity index (χ1) is 15.0. The first-order valence-corrected chi connectivity index (χ1v) is 10.5. The number of nitrogens with one attached hydrogen (secondary N) is 1. The Kier molecular flexibility index (Phi) is 3.82. The molecule has 0 unspecified atom stereocenters. The molecule has 2 aromatic carbocycles. The number of fused-ring (bicyclic) bond motifs is 3. The molecule has 0 radical (unpaired) electrons. The number of benzene rings is 2. The van der Waals surface area contributed by atoms with Gasteiger partial charge in [0.15, 0.2) is 11.5 Å². The number of rotatable bonds is 5. The van der Waals surface area contributed by atoms with Crippen LogP contribution >= 0.6 is 0 Å². The van der Waals surface area contributed by atoms with Gasteiger partial charge >= 0.3 is 0 Å². The highest BCUT2D eigenvalue weighted by molar-refractivity contribution is 5.95. The molecule has 3 aromatic rings. The smallest absolute Gasteiger partial charge is 0.272 e. The van der Waals surface area contributed by atoms with E-state index in [-0.39, 0.29) is 11.6 Å². The Labute approximate surface area is 178 Å². The number of halogens is 2. The van der Waals surface area contributed by atoms with Gasteiger partial charge in [-0.3, -0.25) is 4.79 Å². The second-order valence-electron chi connectivity index (χ2n) is 8.79. The predicted octanol–water partition coefficient (Wildman–Crippen LogP) is 4.24. The van der Waals surface area contributed by atoms with Crippen molar-refractivity contribution in [1.29, 1.82) is 0 Å². The molecular formula is C24H21F2N3O2. The lowest BCUT2D eigenvalue weighted by molar-refractivity contribution is 0.0924. The van der Waals surface area contributed by atoms with Gasteiger partial charge in [-0.05, 0) is 61.4 Å². The molecule has 0 spiro atoms. The van der Waals surface area contributed by atoms with E-state index in [9.17, 15) is 13.6 Å². The second kappa shape index (κ2) is 6.39. The molecule has 1 heterocycles. The summed E-state index contributed by atoms with van der Waals surface area (Å²) in [5.41, 5.74) is 2.96. The van der Waals surface area contributed by atoms with Gasteiger partial charge in [0.25, 0.3) is 5.91 Å². The van der Waals surface area contributed by atoms with Crippen molar-refractivity contribution in [3.8, 4) is 11.4 Å². The number of carbonyl (C=O) groups is 1. The van der Waals surface area contributed by atoms with Crippen LogP contribution < -0.4 is 10.1 Å². The summed E-state index contributed by atoms with van der Waals surface area (Å²) >= 11 is 0. The number of aromatic nitrogens is 2. The summed E-state index contributed by atoms with van der Waals surface area (Å²) in [5.74, 6) is -0.00776. The number of hydrogen-bond acceptors (Lipinski definition) is 3. The van der Waals surface area contributed by atoms with Gasteiger partial charge in [-0.25, -0.2) is 13.5 Å². The number of carbonyl (C=O) groups excluding carboxylic acids is 1. The summed E-state index contributed by atoms with van der Waals surface area (Å²) < 4.78 is 34.7. The fourth-order valence-corrected chi connectivity index (χ4v) is 4.93. The molecule has 2 saturated carbocycles. The molecular weight excluding hydrogens is 400 g/mol. The Morgan fingerprint density at radius 2 is 1.97 bits per heavy atom. The molecule has 158 valence electrons. The van der Waals surface area contributed by atoms with Crippen molar-refractivity contribution in [3.05, 3.63) is 76.6 Å². The molecule has 5 nitrogen and oxygen atoms in total. The second-order valence-corrected chi connectivity index (χ2v) is 8.79. The topological polar surface area (TPSA) is 56.1 Å². The van der Waals surface area contributed by atoms with E-state index < -0.39 is 17.2 Å². The standard InChI is InChI=1S/C24H21F2N3O2/c1-31-16-5-2-14(3-6-16)24(8-9-24)27-23(30)21-18-11-13-10-17(13)22(18)29(28-21)20-7-4-15(25)12-19(20)26/h2-7,12-13,17H,8-11H2,1H3,(H,27,30)/t13-,17-/m1/s1. The Hall–Kier alpha value is -3.22. The first kappa shape index (κ1) is 18.5. The van der Waals surface area contributed by atoms with Crippen LogP contribution in [-0.2, 0) is 12.0 Å². The van der Waals surface area contributed by atoms with Crippen LogP contribution in [0.15, 0.2) is 42.5 Å². The Bertz CT molecular complexity index is 1210. The minimum absolute atomic E-state index is 0.181. The minimum Gasteiger partial charge on any atom is -0.497 e. The molecule has 6 rings (SSSR count). The maximum atomic E-state index is 14.5. The highest BCUT2D eigenvalue weighted by Gasteiger charge is 2.51. The average Bonchev–Trinajstić information content (AvgIpc) is 3.64. The van der Waals surface area contributed by atoms with Crippen LogP contribution in [0.25, 0.3) is 5.69 Å². The lowest BCUT2D eigenvalue weighted by atomic mass is 10.0. The predicted molar refractivity (Wildman–Crippen MR) is 109 cm³/mol. The van der Waals surface area contributed by atoms with Crippen molar-refractivity contribution in [1.82, 2.24) is 15.1 Å². The molecule has 3 aliphatic carbocycles.